The number of pyridine rings is 1. The Labute approximate surface area is 164 Å². The number of piperidine rings is 2. The molecule has 0 amide bonds. The highest BCUT2D eigenvalue weighted by molar-refractivity contribution is 5.21. The molecule has 1 unspecified atom stereocenters. The molecule has 0 radical (unpaired) electrons. The van der Waals surface area contributed by atoms with Crippen molar-refractivity contribution < 1.29 is 0 Å². The minimum atomic E-state index is 0.510. The summed E-state index contributed by atoms with van der Waals surface area (Å²) >= 11 is 0. The van der Waals surface area contributed by atoms with Crippen LogP contribution in [0.2, 0.25) is 0 Å². The van der Waals surface area contributed by atoms with Gasteiger partial charge in [-0.25, -0.2) is 0 Å². The molecule has 144 valence electrons. The van der Waals surface area contributed by atoms with E-state index in [0.717, 1.165) is 13.0 Å². The van der Waals surface area contributed by atoms with E-state index in [1.165, 1.54) is 63.2 Å². The molecular formula is C24H33N3. The topological polar surface area (TPSA) is 19.4 Å². The van der Waals surface area contributed by atoms with E-state index in [9.17, 15) is 0 Å². The van der Waals surface area contributed by atoms with Crippen LogP contribution in [-0.2, 0) is 6.42 Å². The van der Waals surface area contributed by atoms with Gasteiger partial charge in [0.2, 0.25) is 0 Å². The third-order valence-corrected chi connectivity index (χ3v) is 6.76. The summed E-state index contributed by atoms with van der Waals surface area (Å²) in [5.74, 6) is 0.694. The molecular weight excluding hydrogens is 330 g/mol. The lowest BCUT2D eigenvalue weighted by Crippen LogP contribution is -2.51. The fourth-order valence-electron chi connectivity index (χ4n) is 5.12. The normalized spacial score (nSPS) is 23.5. The van der Waals surface area contributed by atoms with Crippen LogP contribution in [0, 0.1) is 5.41 Å². The average Bonchev–Trinajstić information content (AvgIpc) is 2.74. The predicted molar refractivity (Wildman–Crippen MR) is 112 cm³/mol. The number of aromatic nitrogens is 1. The van der Waals surface area contributed by atoms with Gasteiger partial charge in [0.05, 0.1) is 0 Å². The molecule has 2 aliphatic rings. The van der Waals surface area contributed by atoms with Gasteiger partial charge in [0.15, 0.2) is 0 Å². The van der Waals surface area contributed by atoms with E-state index in [2.05, 4.69) is 64.2 Å². The van der Waals surface area contributed by atoms with E-state index in [0.29, 0.717) is 11.3 Å². The summed E-state index contributed by atoms with van der Waals surface area (Å²) in [5, 5.41) is 0. The van der Waals surface area contributed by atoms with Gasteiger partial charge in [0.25, 0.3) is 0 Å². The number of benzene rings is 1. The van der Waals surface area contributed by atoms with Crippen molar-refractivity contribution in [2.45, 2.75) is 38.5 Å². The second-order valence-electron chi connectivity index (χ2n) is 8.55. The third kappa shape index (κ3) is 4.59. The molecule has 3 heterocycles. The van der Waals surface area contributed by atoms with E-state index < -0.39 is 0 Å². The highest BCUT2D eigenvalue weighted by atomic mass is 15.2. The van der Waals surface area contributed by atoms with Crippen LogP contribution in [0.3, 0.4) is 0 Å². The Hall–Kier alpha value is -1.71. The molecule has 4 rings (SSSR count). The molecule has 2 saturated heterocycles. The first kappa shape index (κ1) is 18.6. The molecule has 0 aliphatic carbocycles. The van der Waals surface area contributed by atoms with Crippen molar-refractivity contribution in [1.82, 2.24) is 14.8 Å². The number of nitrogens with zero attached hydrogens (tertiary/aromatic N) is 3. The fraction of sp³-hybridized carbons (Fsp3) is 0.542. The summed E-state index contributed by atoms with van der Waals surface area (Å²) in [7, 11) is 0. The lowest BCUT2D eigenvalue weighted by molar-refractivity contribution is 0.0161. The molecule has 2 fully saturated rings. The van der Waals surface area contributed by atoms with Crippen LogP contribution >= 0.6 is 0 Å². The van der Waals surface area contributed by atoms with E-state index in [-0.39, 0.29) is 0 Å². The monoisotopic (exact) mass is 363 g/mol. The minimum absolute atomic E-state index is 0.510. The average molecular weight is 364 g/mol. The zero-order valence-corrected chi connectivity index (χ0v) is 16.7. The summed E-state index contributed by atoms with van der Waals surface area (Å²) in [6.07, 6.45) is 7.03. The first-order valence-electron chi connectivity index (χ1n) is 10.7. The van der Waals surface area contributed by atoms with E-state index in [1.54, 1.807) is 0 Å². The molecule has 27 heavy (non-hydrogen) atoms. The highest BCUT2D eigenvalue weighted by Gasteiger charge is 2.41. The second-order valence-corrected chi connectivity index (χ2v) is 8.55. The molecule has 3 heteroatoms. The maximum atomic E-state index is 4.48. The van der Waals surface area contributed by atoms with Crippen LogP contribution in [0.4, 0.5) is 0 Å². The van der Waals surface area contributed by atoms with E-state index >= 15 is 0 Å². The van der Waals surface area contributed by atoms with Gasteiger partial charge in [-0.3, -0.25) is 4.98 Å². The smallest absolute Gasteiger partial charge is 0.0416 e. The van der Waals surface area contributed by atoms with Crippen LogP contribution in [0.15, 0.2) is 54.7 Å². The molecule has 0 N–H and O–H groups in total. The Morgan fingerprint density at radius 1 is 1.00 bits per heavy atom. The van der Waals surface area contributed by atoms with Crippen molar-refractivity contribution in [3.05, 3.63) is 66.0 Å². The standard InChI is InChI=1S/C24H33N3/c1-2-26-19-22(21-8-4-3-5-9-21)18-24(20-26)12-16-27(17-13-24)15-11-23-10-6-7-14-25-23/h3-10,14,22H,2,11-13,15-20H2,1H3. The summed E-state index contributed by atoms with van der Waals surface area (Å²) in [6.45, 7) is 9.65. The van der Waals surface area contributed by atoms with Gasteiger partial charge in [-0.1, -0.05) is 43.3 Å². The molecule has 0 saturated carbocycles. The quantitative estimate of drug-likeness (QED) is 0.793. The van der Waals surface area contributed by atoms with Crippen molar-refractivity contribution in [1.29, 1.82) is 0 Å². The fourth-order valence-corrected chi connectivity index (χ4v) is 5.12. The van der Waals surface area contributed by atoms with Gasteiger partial charge in [0, 0.05) is 37.9 Å². The highest BCUT2D eigenvalue weighted by Crippen LogP contribution is 2.44. The zero-order chi connectivity index (χ0) is 18.5. The van der Waals surface area contributed by atoms with Crippen molar-refractivity contribution in [3.63, 3.8) is 0 Å². The van der Waals surface area contributed by atoms with E-state index in [4.69, 9.17) is 0 Å². The summed E-state index contributed by atoms with van der Waals surface area (Å²) in [6, 6.07) is 17.5. The van der Waals surface area contributed by atoms with Gasteiger partial charge >= 0.3 is 0 Å². The molecule has 1 aromatic carbocycles. The first-order valence-corrected chi connectivity index (χ1v) is 10.7. The van der Waals surface area contributed by atoms with Crippen molar-refractivity contribution in [2.24, 2.45) is 5.41 Å². The summed E-state index contributed by atoms with van der Waals surface area (Å²) in [4.78, 5) is 9.83. The zero-order valence-electron chi connectivity index (χ0n) is 16.7. The predicted octanol–water partition coefficient (Wildman–Crippen LogP) is 4.22. The number of rotatable bonds is 5. The minimum Gasteiger partial charge on any atom is -0.303 e. The van der Waals surface area contributed by atoms with Gasteiger partial charge in [-0.2, -0.15) is 0 Å². The van der Waals surface area contributed by atoms with Gasteiger partial charge in [-0.15, -0.1) is 0 Å². The SMILES string of the molecule is CCN1CC(c2ccccc2)CC2(CCN(CCc3ccccn3)CC2)C1. The Kier molecular flexibility index (Phi) is 5.89. The van der Waals surface area contributed by atoms with Gasteiger partial charge in [-0.05, 0) is 67.9 Å². The Balaban J connectivity index is 1.37. The second kappa shape index (κ2) is 8.53. The van der Waals surface area contributed by atoms with Gasteiger partial charge < -0.3 is 9.80 Å². The summed E-state index contributed by atoms with van der Waals surface area (Å²) in [5.41, 5.74) is 3.26. The summed E-state index contributed by atoms with van der Waals surface area (Å²) < 4.78 is 0. The lowest BCUT2D eigenvalue weighted by Gasteiger charge is -2.50. The van der Waals surface area contributed by atoms with Crippen molar-refractivity contribution in [3.8, 4) is 0 Å². The first-order chi connectivity index (χ1) is 13.3. The van der Waals surface area contributed by atoms with Gasteiger partial charge in [0.1, 0.15) is 0 Å². The van der Waals surface area contributed by atoms with Crippen LogP contribution in [-0.4, -0.2) is 54.1 Å². The molecule has 1 spiro atoms. The van der Waals surface area contributed by atoms with E-state index in [1.807, 2.05) is 12.3 Å². The van der Waals surface area contributed by atoms with Crippen LogP contribution in [0.5, 0.6) is 0 Å². The molecule has 1 aromatic heterocycles. The largest absolute Gasteiger partial charge is 0.303 e. The number of likely N-dealkylation sites (tertiary alicyclic amines) is 2. The molecule has 3 nitrogen and oxygen atoms in total. The Morgan fingerprint density at radius 3 is 2.48 bits per heavy atom. The lowest BCUT2D eigenvalue weighted by atomic mass is 9.68. The number of hydrogen-bond acceptors (Lipinski definition) is 3. The number of hydrogen-bond donors (Lipinski definition) is 0. The molecule has 2 aliphatic heterocycles. The molecule has 0 bridgehead atoms. The third-order valence-electron chi connectivity index (χ3n) is 6.76. The Bertz CT molecular complexity index is 692. The van der Waals surface area contributed by atoms with Crippen LogP contribution < -0.4 is 0 Å². The van der Waals surface area contributed by atoms with Crippen LogP contribution in [0.1, 0.15) is 43.4 Å². The maximum absolute atomic E-state index is 4.48. The number of likely N-dealkylation sites (N-methyl/N-ethyl adjacent to an activating group) is 1. The molecule has 2 aromatic rings. The Morgan fingerprint density at radius 2 is 1.78 bits per heavy atom. The van der Waals surface area contributed by atoms with Crippen LogP contribution in [0.25, 0.3) is 0 Å². The van der Waals surface area contributed by atoms with Crippen molar-refractivity contribution >= 4 is 0 Å². The van der Waals surface area contributed by atoms with Crippen molar-refractivity contribution in [2.75, 3.05) is 39.3 Å². The maximum Gasteiger partial charge on any atom is 0.0416 e. The molecule has 1 atom stereocenters.